The van der Waals surface area contributed by atoms with Gasteiger partial charge in [0.1, 0.15) is 6.54 Å². The van der Waals surface area contributed by atoms with E-state index < -0.39 is 0 Å². The fraction of sp³-hybridized carbons (Fsp3) is 0.286. The lowest BCUT2D eigenvalue weighted by atomic mass is 10.4. The maximum atomic E-state index is 8.57. The van der Waals surface area contributed by atoms with Crippen molar-refractivity contribution in [2.75, 3.05) is 12.3 Å². The highest BCUT2D eigenvalue weighted by Gasteiger charge is 1.98. The molecule has 0 saturated heterocycles. The van der Waals surface area contributed by atoms with Gasteiger partial charge >= 0.3 is 0 Å². The van der Waals surface area contributed by atoms with Crippen LogP contribution in [-0.2, 0) is 6.54 Å². The maximum absolute atomic E-state index is 8.57. The van der Waals surface area contributed by atoms with Gasteiger partial charge in [-0.3, -0.25) is 5.73 Å². The molecule has 0 atom stereocenters. The first-order valence-corrected chi connectivity index (χ1v) is 3.19. The van der Waals surface area contributed by atoms with Crippen LogP contribution in [0.25, 0.3) is 0 Å². The van der Waals surface area contributed by atoms with E-state index in [1.54, 1.807) is 10.6 Å². The van der Waals surface area contributed by atoms with E-state index in [4.69, 9.17) is 10.8 Å². The average molecular weight is 139 g/mol. The number of pyridine rings is 1. The second-order valence-corrected chi connectivity index (χ2v) is 2.04. The molecule has 0 fully saturated rings. The molecule has 0 aromatic carbocycles. The quantitative estimate of drug-likeness (QED) is 0.545. The fourth-order valence-corrected chi connectivity index (χ4v) is 0.801. The van der Waals surface area contributed by atoms with E-state index in [0.29, 0.717) is 12.4 Å². The molecule has 10 heavy (non-hydrogen) atoms. The molecule has 0 spiro atoms. The number of rotatable bonds is 2. The van der Waals surface area contributed by atoms with Gasteiger partial charge in [-0.25, -0.2) is 4.57 Å². The van der Waals surface area contributed by atoms with Crippen LogP contribution in [0.5, 0.6) is 0 Å². The minimum atomic E-state index is 0.124. The number of aliphatic hydroxyl groups excluding tert-OH is 1. The van der Waals surface area contributed by atoms with Crippen molar-refractivity contribution in [3.8, 4) is 0 Å². The number of aliphatic hydroxyl groups is 1. The van der Waals surface area contributed by atoms with Crippen LogP contribution in [0.15, 0.2) is 24.4 Å². The summed E-state index contributed by atoms with van der Waals surface area (Å²) in [5.41, 5.74) is 5.56. The fourth-order valence-electron chi connectivity index (χ4n) is 0.801. The smallest absolute Gasteiger partial charge is 0.272 e. The lowest BCUT2D eigenvalue weighted by Gasteiger charge is -1.97. The Kier molecular flexibility index (Phi) is 2.23. The summed E-state index contributed by atoms with van der Waals surface area (Å²) in [6.07, 6.45) is 1.84. The second kappa shape index (κ2) is 3.17. The zero-order chi connectivity index (χ0) is 7.40. The molecule has 0 saturated carbocycles. The lowest BCUT2D eigenvalue weighted by molar-refractivity contribution is -0.684. The minimum absolute atomic E-state index is 0.124. The number of aromatic nitrogens is 1. The van der Waals surface area contributed by atoms with Gasteiger partial charge in [0.05, 0.1) is 12.8 Å². The molecule has 3 heteroatoms. The summed E-state index contributed by atoms with van der Waals surface area (Å²) in [6.45, 7) is 0.686. The van der Waals surface area contributed by atoms with Crippen molar-refractivity contribution in [1.29, 1.82) is 0 Å². The molecule has 1 rings (SSSR count). The lowest BCUT2D eigenvalue weighted by Crippen LogP contribution is -2.37. The summed E-state index contributed by atoms with van der Waals surface area (Å²) in [4.78, 5) is 0. The Bertz CT molecular complexity index is 213. The van der Waals surface area contributed by atoms with Gasteiger partial charge < -0.3 is 5.11 Å². The Labute approximate surface area is 59.7 Å². The zero-order valence-corrected chi connectivity index (χ0v) is 5.70. The minimum Gasteiger partial charge on any atom is -0.392 e. The summed E-state index contributed by atoms with van der Waals surface area (Å²) >= 11 is 0. The molecule has 0 aliphatic rings. The molecular weight excluding hydrogens is 128 g/mol. The molecule has 1 heterocycles. The Morgan fingerprint density at radius 1 is 1.50 bits per heavy atom. The number of hydrogen-bond acceptors (Lipinski definition) is 2. The molecule has 3 N–H and O–H groups in total. The molecule has 0 amide bonds. The van der Waals surface area contributed by atoms with E-state index in [1.807, 2.05) is 18.3 Å². The molecule has 1 aromatic heterocycles. The molecule has 54 valence electrons. The summed E-state index contributed by atoms with van der Waals surface area (Å²) in [6, 6.07) is 5.55. The van der Waals surface area contributed by atoms with Crippen molar-refractivity contribution in [3.63, 3.8) is 0 Å². The summed E-state index contributed by atoms with van der Waals surface area (Å²) < 4.78 is 1.79. The molecule has 0 aliphatic heterocycles. The Balaban J connectivity index is 2.81. The van der Waals surface area contributed by atoms with Crippen LogP contribution in [-0.4, -0.2) is 11.7 Å². The van der Waals surface area contributed by atoms with Crippen molar-refractivity contribution >= 4 is 5.82 Å². The first kappa shape index (κ1) is 7.02. The summed E-state index contributed by atoms with van der Waals surface area (Å²) in [7, 11) is 0. The molecule has 0 radical (unpaired) electrons. The Morgan fingerprint density at radius 2 is 2.30 bits per heavy atom. The van der Waals surface area contributed by atoms with E-state index >= 15 is 0 Å². The van der Waals surface area contributed by atoms with Gasteiger partial charge in [0.2, 0.25) is 0 Å². The van der Waals surface area contributed by atoms with Gasteiger partial charge in [0, 0.05) is 6.07 Å². The van der Waals surface area contributed by atoms with Gasteiger partial charge in [-0.2, -0.15) is 0 Å². The van der Waals surface area contributed by atoms with E-state index in [9.17, 15) is 0 Å². The van der Waals surface area contributed by atoms with Crippen LogP contribution in [0, 0.1) is 0 Å². The Morgan fingerprint density at radius 3 is 2.90 bits per heavy atom. The van der Waals surface area contributed by atoms with Crippen LogP contribution in [0.4, 0.5) is 5.82 Å². The van der Waals surface area contributed by atoms with Crippen molar-refractivity contribution in [3.05, 3.63) is 24.4 Å². The van der Waals surface area contributed by atoms with Gasteiger partial charge in [0.25, 0.3) is 5.82 Å². The van der Waals surface area contributed by atoms with Crippen molar-refractivity contribution in [2.24, 2.45) is 0 Å². The topological polar surface area (TPSA) is 50.1 Å². The average Bonchev–Trinajstić information content (AvgIpc) is 1.94. The second-order valence-electron chi connectivity index (χ2n) is 2.04. The van der Waals surface area contributed by atoms with Crippen molar-refractivity contribution < 1.29 is 9.67 Å². The first-order chi connectivity index (χ1) is 4.84. The molecule has 3 nitrogen and oxygen atoms in total. The number of hydrogen-bond donors (Lipinski definition) is 2. The van der Waals surface area contributed by atoms with Crippen molar-refractivity contribution in [1.82, 2.24) is 0 Å². The number of anilines is 1. The third kappa shape index (κ3) is 1.45. The standard InChI is InChI=1S/C7H10N2O/c8-7-3-1-2-4-9(7)5-6-10/h1-4,8,10H,5-6H2/p+1. The third-order valence-corrected chi connectivity index (χ3v) is 1.32. The van der Waals surface area contributed by atoms with Gasteiger partial charge in [0.15, 0.2) is 0 Å². The van der Waals surface area contributed by atoms with E-state index in [0.717, 1.165) is 0 Å². The molecule has 0 unspecified atom stereocenters. The van der Waals surface area contributed by atoms with Gasteiger partial charge in [-0.1, -0.05) is 6.07 Å². The third-order valence-electron chi connectivity index (χ3n) is 1.32. The highest BCUT2D eigenvalue weighted by Crippen LogP contribution is 1.89. The van der Waals surface area contributed by atoms with Gasteiger partial charge in [-0.15, -0.1) is 0 Å². The zero-order valence-electron chi connectivity index (χ0n) is 5.70. The largest absolute Gasteiger partial charge is 0.392 e. The van der Waals surface area contributed by atoms with Gasteiger partial charge in [-0.05, 0) is 6.07 Å². The molecular formula is C7H11N2O+. The maximum Gasteiger partial charge on any atom is 0.272 e. The predicted molar refractivity (Wildman–Crippen MR) is 38.1 cm³/mol. The summed E-state index contributed by atoms with van der Waals surface area (Å²) in [5, 5.41) is 8.57. The SMILES string of the molecule is Nc1cccc[n+]1CCO. The van der Waals surface area contributed by atoms with E-state index in [2.05, 4.69) is 0 Å². The van der Waals surface area contributed by atoms with Crippen LogP contribution >= 0.6 is 0 Å². The molecule has 0 bridgehead atoms. The van der Waals surface area contributed by atoms with Crippen molar-refractivity contribution in [2.45, 2.75) is 6.54 Å². The van der Waals surface area contributed by atoms with Crippen LogP contribution < -0.4 is 10.3 Å². The molecule has 0 aliphatic carbocycles. The Hall–Kier alpha value is -1.09. The first-order valence-electron chi connectivity index (χ1n) is 3.19. The number of nitrogens with zero attached hydrogens (tertiary/aromatic N) is 1. The molecule has 1 aromatic rings. The highest BCUT2D eigenvalue weighted by atomic mass is 16.3. The monoisotopic (exact) mass is 139 g/mol. The van der Waals surface area contributed by atoms with E-state index in [-0.39, 0.29) is 6.61 Å². The number of nitrogen functional groups attached to an aromatic ring is 1. The van der Waals surface area contributed by atoms with Crippen LogP contribution in [0.3, 0.4) is 0 Å². The highest BCUT2D eigenvalue weighted by molar-refractivity contribution is 5.18. The number of nitrogens with two attached hydrogens (primary N) is 1. The van der Waals surface area contributed by atoms with Crippen LogP contribution in [0.2, 0.25) is 0 Å². The van der Waals surface area contributed by atoms with Crippen LogP contribution in [0.1, 0.15) is 0 Å². The van der Waals surface area contributed by atoms with E-state index in [1.165, 1.54) is 0 Å². The predicted octanol–water partition coefficient (Wildman–Crippen LogP) is -0.451. The normalized spacial score (nSPS) is 9.70. The summed E-state index contributed by atoms with van der Waals surface area (Å²) in [5.74, 6) is 0.677.